The van der Waals surface area contributed by atoms with Crippen LogP contribution in [0.3, 0.4) is 0 Å². The molecule has 5 aromatic rings. The Hall–Kier alpha value is -2.82. The van der Waals surface area contributed by atoms with Crippen molar-refractivity contribution in [2.45, 2.75) is 0 Å². The molecule has 0 saturated carbocycles. The van der Waals surface area contributed by atoms with Crippen LogP contribution in [0.1, 0.15) is 0 Å². The summed E-state index contributed by atoms with van der Waals surface area (Å²) >= 11 is 1.79. The molecule has 5 rings (SSSR count). The summed E-state index contributed by atoms with van der Waals surface area (Å²) in [5, 5.41) is 4.85. The molecule has 132 valence electrons. The minimum absolute atomic E-state index is 0.709. The van der Waals surface area contributed by atoms with Gasteiger partial charge in [-0.05, 0) is 35.0 Å². The van der Waals surface area contributed by atoms with E-state index in [0.717, 1.165) is 16.6 Å². The van der Waals surface area contributed by atoms with Crippen LogP contribution >= 0.6 is 11.3 Å². The summed E-state index contributed by atoms with van der Waals surface area (Å²) in [7, 11) is 6.59. The first kappa shape index (κ1) is 16.4. The molecule has 0 aliphatic carbocycles. The van der Waals surface area contributed by atoms with Gasteiger partial charge in [0.25, 0.3) is 0 Å². The summed E-state index contributed by atoms with van der Waals surface area (Å²) in [6.07, 6.45) is 1.70. The minimum Gasteiger partial charge on any atom is -0.296 e. The Morgan fingerprint density at radius 2 is 1.52 bits per heavy atom. The minimum atomic E-state index is 0.709. The number of rotatable bonds is 2. The van der Waals surface area contributed by atoms with Gasteiger partial charge < -0.3 is 0 Å². The van der Waals surface area contributed by atoms with Crippen molar-refractivity contribution >= 4 is 48.8 Å². The van der Waals surface area contributed by atoms with Crippen LogP contribution in [0.15, 0.2) is 67.0 Å². The van der Waals surface area contributed by atoms with Gasteiger partial charge in [0, 0.05) is 15.5 Å². The zero-order valence-electron chi connectivity index (χ0n) is 15.6. The second kappa shape index (κ2) is 5.84. The van der Waals surface area contributed by atoms with E-state index in [2.05, 4.69) is 81.8 Å². The number of hydrogen-bond acceptors (Lipinski definition) is 3. The van der Waals surface area contributed by atoms with E-state index in [0.29, 0.717) is 4.48 Å². The second-order valence-corrected chi connectivity index (χ2v) is 8.81. The van der Waals surface area contributed by atoms with Crippen LogP contribution in [-0.4, -0.2) is 31.1 Å². The highest BCUT2D eigenvalue weighted by molar-refractivity contribution is 7.22. The van der Waals surface area contributed by atoms with Crippen molar-refractivity contribution < 1.29 is 0 Å². The molecule has 0 aliphatic rings. The van der Waals surface area contributed by atoms with Crippen molar-refractivity contribution in [3.63, 3.8) is 0 Å². The van der Waals surface area contributed by atoms with E-state index in [-0.39, 0.29) is 0 Å². The van der Waals surface area contributed by atoms with Gasteiger partial charge in [0.2, 0.25) is 0 Å². The largest absolute Gasteiger partial charge is 0.296 e. The van der Waals surface area contributed by atoms with Crippen LogP contribution in [0.4, 0.5) is 5.69 Å². The molecule has 0 aliphatic heterocycles. The van der Waals surface area contributed by atoms with Crippen LogP contribution in [-0.2, 0) is 0 Å². The standard InChI is InChI=1S/C23H20N3S/c1-26(2,3)23-17-10-6-4-8-15(17)12-18-21(24-14-25-22(18)23)20-13-16-9-5-7-11-19(16)27-20/h4-14H,1-3H3/q+1. The number of hydrogen-bond donors (Lipinski definition) is 0. The first-order valence-corrected chi connectivity index (χ1v) is 9.81. The third-order valence-corrected chi connectivity index (χ3v) is 6.08. The maximum atomic E-state index is 4.72. The Bertz CT molecular complexity index is 1280. The molecular formula is C23H20N3S+. The fourth-order valence-corrected chi connectivity index (χ4v) is 4.89. The quantitative estimate of drug-likeness (QED) is 0.287. The molecule has 3 nitrogen and oxygen atoms in total. The molecule has 0 radical (unpaired) electrons. The van der Waals surface area contributed by atoms with Gasteiger partial charge in [-0.3, -0.25) is 4.48 Å². The Morgan fingerprint density at radius 3 is 2.30 bits per heavy atom. The van der Waals surface area contributed by atoms with Gasteiger partial charge in [-0.15, -0.1) is 11.3 Å². The van der Waals surface area contributed by atoms with Gasteiger partial charge in [0.05, 0.1) is 31.7 Å². The van der Waals surface area contributed by atoms with E-state index in [1.54, 1.807) is 17.7 Å². The van der Waals surface area contributed by atoms with Gasteiger partial charge in [-0.25, -0.2) is 9.97 Å². The molecule has 0 atom stereocenters. The summed E-state index contributed by atoms with van der Waals surface area (Å²) in [5.74, 6) is 0. The monoisotopic (exact) mass is 370 g/mol. The average Bonchev–Trinajstić information content (AvgIpc) is 3.08. The number of nitrogens with zero attached hydrogens (tertiary/aromatic N) is 3. The van der Waals surface area contributed by atoms with Crippen LogP contribution < -0.4 is 4.48 Å². The lowest BCUT2D eigenvalue weighted by Gasteiger charge is -2.26. The van der Waals surface area contributed by atoms with Gasteiger partial charge in [-0.1, -0.05) is 36.4 Å². The van der Waals surface area contributed by atoms with Crippen LogP contribution in [0.5, 0.6) is 0 Å². The van der Waals surface area contributed by atoms with Gasteiger partial charge in [0.15, 0.2) is 5.69 Å². The molecule has 2 heterocycles. The molecular weight excluding hydrogens is 350 g/mol. The van der Waals surface area contributed by atoms with E-state index in [4.69, 9.17) is 9.97 Å². The lowest BCUT2D eigenvalue weighted by Crippen LogP contribution is -2.35. The van der Waals surface area contributed by atoms with Crippen molar-refractivity contribution in [1.82, 2.24) is 14.5 Å². The molecule has 4 heteroatoms. The SMILES string of the molecule is C[N+](C)(C)c1c2ccccc2cc2c(-c3cc4ccccc4s3)ncnc12. The van der Waals surface area contributed by atoms with Gasteiger partial charge in [-0.2, -0.15) is 0 Å². The van der Waals surface area contributed by atoms with Crippen molar-refractivity contribution in [3.8, 4) is 10.6 Å². The molecule has 0 N–H and O–H groups in total. The molecule has 3 aromatic carbocycles. The second-order valence-electron chi connectivity index (χ2n) is 7.73. The van der Waals surface area contributed by atoms with Gasteiger partial charge in [0.1, 0.15) is 11.8 Å². The molecule has 0 amide bonds. The van der Waals surface area contributed by atoms with Crippen LogP contribution in [0, 0.1) is 0 Å². The summed E-state index contributed by atoms with van der Waals surface area (Å²) < 4.78 is 1.99. The highest BCUT2D eigenvalue weighted by Crippen LogP contribution is 2.41. The smallest absolute Gasteiger partial charge is 0.166 e. The third-order valence-electron chi connectivity index (χ3n) is 4.95. The maximum Gasteiger partial charge on any atom is 0.166 e. The lowest BCUT2D eigenvalue weighted by molar-refractivity contribution is 0.493. The Balaban J connectivity index is 1.91. The number of thiophene rings is 1. The van der Waals surface area contributed by atoms with Crippen molar-refractivity contribution in [2.75, 3.05) is 21.1 Å². The van der Waals surface area contributed by atoms with Crippen LogP contribution in [0.25, 0.3) is 42.3 Å². The Morgan fingerprint density at radius 1 is 0.778 bits per heavy atom. The van der Waals surface area contributed by atoms with E-state index >= 15 is 0 Å². The number of fused-ring (bicyclic) bond motifs is 3. The topological polar surface area (TPSA) is 25.8 Å². The van der Waals surface area contributed by atoms with E-state index in [9.17, 15) is 0 Å². The molecule has 0 fully saturated rings. The van der Waals surface area contributed by atoms with Crippen molar-refractivity contribution in [3.05, 3.63) is 67.0 Å². The first-order valence-electron chi connectivity index (χ1n) is 9.00. The molecule has 27 heavy (non-hydrogen) atoms. The van der Waals surface area contributed by atoms with Gasteiger partial charge >= 0.3 is 0 Å². The highest BCUT2D eigenvalue weighted by Gasteiger charge is 2.23. The van der Waals surface area contributed by atoms with E-state index in [1.807, 2.05) is 0 Å². The van der Waals surface area contributed by atoms with Crippen LogP contribution in [0.2, 0.25) is 0 Å². The predicted octanol–water partition coefficient (Wildman–Crippen LogP) is 5.86. The summed E-state index contributed by atoms with van der Waals surface area (Å²) in [5.41, 5.74) is 3.28. The molecule has 0 bridgehead atoms. The fourth-order valence-electron chi connectivity index (χ4n) is 3.82. The predicted molar refractivity (Wildman–Crippen MR) is 117 cm³/mol. The number of benzene rings is 3. The summed E-state index contributed by atoms with van der Waals surface area (Å²) in [4.78, 5) is 10.6. The van der Waals surface area contributed by atoms with Crippen molar-refractivity contribution in [2.24, 2.45) is 0 Å². The maximum absolute atomic E-state index is 4.72. The zero-order valence-corrected chi connectivity index (χ0v) is 16.4. The fraction of sp³-hybridized carbons (Fsp3) is 0.130. The first-order chi connectivity index (χ1) is 13.0. The molecule has 0 unspecified atom stereocenters. The zero-order chi connectivity index (χ0) is 18.6. The Kier molecular flexibility index (Phi) is 3.54. The van der Waals surface area contributed by atoms with Crippen molar-refractivity contribution in [1.29, 1.82) is 0 Å². The molecule has 0 spiro atoms. The normalized spacial score (nSPS) is 12.3. The Labute approximate surface area is 162 Å². The summed E-state index contributed by atoms with van der Waals surface area (Å²) in [6.45, 7) is 0. The lowest BCUT2D eigenvalue weighted by atomic mass is 10.0. The number of aromatic nitrogens is 2. The molecule has 0 saturated heterocycles. The molecule has 2 aromatic heterocycles. The average molecular weight is 371 g/mol. The summed E-state index contributed by atoms with van der Waals surface area (Å²) in [6, 6.07) is 21.5. The third kappa shape index (κ3) is 2.60. The highest BCUT2D eigenvalue weighted by atomic mass is 32.1. The number of quaternary nitrogens is 1. The van der Waals surface area contributed by atoms with E-state index < -0.39 is 0 Å². The van der Waals surface area contributed by atoms with E-state index in [1.165, 1.54) is 31.4 Å².